The summed E-state index contributed by atoms with van der Waals surface area (Å²) in [7, 11) is 0. The van der Waals surface area contributed by atoms with Gasteiger partial charge in [0.1, 0.15) is 11.6 Å². The Bertz CT molecular complexity index is 709. The molecular formula is C24H38N2O6. The summed E-state index contributed by atoms with van der Waals surface area (Å²) in [6, 6.07) is -0.545. The highest BCUT2D eigenvalue weighted by Gasteiger charge is 2.74. The summed E-state index contributed by atoms with van der Waals surface area (Å²) in [5, 5.41) is 12.2. The van der Waals surface area contributed by atoms with E-state index in [0.29, 0.717) is 19.4 Å². The third kappa shape index (κ3) is 4.16. The highest BCUT2D eigenvalue weighted by atomic mass is 16.6. The Morgan fingerprint density at radius 1 is 1.16 bits per heavy atom. The van der Waals surface area contributed by atoms with Gasteiger partial charge in [-0.2, -0.15) is 0 Å². The molecule has 8 heteroatoms. The van der Waals surface area contributed by atoms with Gasteiger partial charge in [0.15, 0.2) is 0 Å². The van der Waals surface area contributed by atoms with Gasteiger partial charge in [-0.1, -0.05) is 32.1 Å². The standard InChI is InChI=1S/C24H38N2O6/c1-2-31-23(30)18-17-12-13-24(32-17)19(18)22(29)26(14-8-3-4-9-15-27)20(24)21(28)25-16-10-6-5-7-11-16/h16-20,27H,2-15H2,1H3,(H,25,28)/t17-,18+,19+,20?,24?/m1/s1. The number of nitrogens with zero attached hydrogens (tertiary/aromatic N) is 1. The SMILES string of the molecule is CCOC(=O)[C@@H]1[C@H]2C(=O)N(CCCCCCO)C(C(=O)NC3CCCCC3)C23CC[C@H]1O3. The number of esters is 1. The second-order valence-corrected chi connectivity index (χ2v) is 9.82. The van der Waals surface area contributed by atoms with E-state index in [4.69, 9.17) is 14.6 Å². The van der Waals surface area contributed by atoms with Crippen LogP contribution in [-0.2, 0) is 23.9 Å². The maximum atomic E-state index is 13.6. The number of fused-ring (bicyclic) bond motifs is 1. The molecule has 2 amide bonds. The van der Waals surface area contributed by atoms with Crippen molar-refractivity contribution >= 4 is 17.8 Å². The molecule has 1 spiro atoms. The highest BCUT2D eigenvalue weighted by molar-refractivity contribution is 5.98. The van der Waals surface area contributed by atoms with Gasteiger partial charge in [0.25, 0.3) is 0 Å². The summed E-state index contributed by atoms with van der Waals surface area (Å²) < 4.78 is 11.7. The van der Waals surface area contributed by atoms with Crippen LogP contribution in [0, 0.1) is 11.8 Å². The quantitative estimate of drug-likeness (QED) is 0.389. The number of aliphatic hydroxyl groups is 1. The lowest BCUT2D eigenvalue weighted by Crippen LogP contribution is -2.57. The third-order valence-corrected chi connectivity index (χ3v) is 7.87. The lowest BCUT2D eigenvalue weighted by molar-refractivity contribution is -0.154. The molecule has 3 heterocycles. The van der Waals surface area contributed by atoms with Crippen LogP contribution in [0.2, 0.25) is 0 Å². The number of likely N-dealkylation sites (tertiary alicyclic amines) is 1. The largest absolute Gasteiger partial charge is 0.466 e. The number of nitrogens with one attached hydrogen (secondary N) is 1. The van der Waals surface area contributed by atoms with Gasteiger partial charge in [0, 0.05) is 19.2 Å². The second-order valence-electron chi connectivity index (χ2n) is 9.82. The van der Waals surface area contributed by atoms with Gasteiger partial charge in [-0.15, -0.1) is 0 Å². The molecule has 0 radical (unpaired) electrons. The van der Waals surface area contributed by atoms with Crippen molar-refractivity contribution in [2.45, 2.75) is 101 Å². The number of carbonyl (C=O) groups excluding carboxylic acids is 3. The van der Waals surface area contributed by atoms with Crippen molar-refractivity contribution in [3.8, 4) is 0 Å². The minimum atomic E-state index is -0.928. The molecule has 1 aliphatic carbocycles. The van der Waals surface area contributed by atoms with E-state index in [0.717, 1.165) is 51.4 Å². The Balaban J connectivity index is 1.56. The van der Waals surface area contributed by atoms with Crippen LogP contribution >= 0.6 is 0 Å². The summed E-state index contributed by atoms with van der Waals surface area (Å²) in [6.45, 7) is 2.65. The van der Waals surface area contributed by atoms with Crippen molar-refractivity contribution in [2.24, 2.45) is 11.8 Å². The van der Waals surface area contributed by atoms with Crippen LogP contribution in [0.4, 0.5) is 0 Å². The Hall–Kier alpha value is -1.67. The summed E-state index contributed by atoms with van der Waals surface area (Å²) >= 11 is 0. The summed E-state index contributed by atoms with van der Waals surface area (Å²) in [5.74, 6) is -1.92. The van der Waals surface area contributed by atoms with Crippen molar-refractivity contribution in [3.05, 3.63) is 0 Å². The predicted molar refractivity (Wildman–Crippen MR) is 117 cm³/mol. The molecule has 4 aliphatic rings. The van der Waals surface area contributed by atoms with E-state index in [2.05, 4.69) is 5.32 Å². The van der Waals surface area contributed by atoms with Crippen LogP contribution in [0.3, 0.4) is 0 Å². The molecule has 32 heavy (non-hydrogen) atoms. The molecule has 180 valence electrons. The zero-order valence-corrected chi connectivity index (χ0v) is 19.2. The lowest BCUT2D eigenvalue weighted by atomic mass is 9.70. The minimum Gasteiger partial charge on any atom is -0.466 e. The first-order valence-electron chi connectivity index (χ1n) is 12.6. The van der Waals surface area contributed by atoms with Crippen molar-refractivity contribution in [1.29, 1.82) is 0 Å². The molecule has 4 rings (SSSR count). The molecule has 4 fully saturated rings. The number of unbranched alkanes of at least 4 members (excludes halogenated alkanes) is 3. The second kappa shape index (κ2) is 10.1. The van der Waals surface area contributed by atoms with Crippen LogP contribution < -0.4 is 5.32 Å². The van der Waals surface area contributed by atoms with Gasteiger partial charge in [-0.05, 0) is 45.4 Å². The maximum absolute atomic E-state index is 13.6. The molecular weight excluding hydrogens is 412 g/mol. The van der Waals surface area contributed by atoms with Crippen LogP contribution in [0.5, 0.6) is 0 Å². The number of amides is 2. The fourth-order valence-corrected chi connectivity index (χ4v) is 6.47. The molecule has 0 aromatic carbocycles. The van der Waals surface area contributed by atoms with E-state index in [9.17, 15) is 14.4 Å². The molecule has 5 atom stereocenters. The number of carbonyl (C=O) groups is 3. The number of hydrogen-bond acceptors (Lipinski definition) is 6. The monoisotopic (exact) mass is 450 g/mol. The predicted octanol–water partition coefficient (Wildman–Crippen LogP) is 1.93. The molecule has 0 aromatic heterocycles. The number of aliphatic hydroxyl groups excluding tert-OH is 1. The first-order chi connectivity index (χ1) is 15.5. The smallest absolute Gasteiger partial charge is 0.312 e. The van der Waals surface area contributed by atoms with Gasteiger partial charge in [-0.25, -0.2) is 0 Å². The van der Waals surface area contributed by atoms with Crippen molar-refractivity contribution < 1.29 is 29.0 Å². The van der Waals surface area contributed by atoms with Crippen molar-refractivity contribution in [2.75, 3.05) is 19.8 Å². The Kier molecular flexibility index (Phi) is 7.40. The van der Waals surface area contributed by atoms with E-state index in [1.54, 1.807) is 11.8 Å². The third-order valence-electron chi connectivity index (χ3n) is 7.87. The van der Waals surface area contributed by atoms with Gasteiger partial charge < -0.3 is 24.8 Å². The van der Waals surface area contributed by atoms with Gasteiger partial charge in [0.05, 0.1) is 24.5 Å². The van der Waals surface area contributed by atoms with E-state index in [1.807, 2.05) is 0 Å². The Morgan fingerprint density at radius 2 is 1.91 bits per heavy atom. The van der Waals surface area contributed by atoms with Crippen LogP contribution in [0.1, 0.15) is 77.6 Å². The van der Waals surface area contributed by atoms with Gasteiger partial charge in [0.2, 0.25) is 11.8 Å². The average Bonchev–Trinajstić information content (AvgIpc) is 3.42. The Morgan fingerprint density at radius 3 is 2.62 bits per heavy atom. The zero-order valence-electron chi connectivity index (χ0n) is 19.2. The summed E-state index contributed by atoms with van der Waals surface area (Å²) in [5.41, 5.74) is -0.928. The Labute approximate surface area is 190 Å². The van der Waals surface area contributed by atoms with E-state index < -0.39 is 23.5 Å². The fourth-order valence-electron chi connectivity index (χ4n) is 6.47. The van der Waals surface area contributed by atoms with E-state index in [1.165, 1.54) is 6.42 Å². The normalized spacial score (nSPS) is 34.1. The first-order valence-corrected chi connectivity index (χ1v) is 12.6. The van der Waals surface area contributed by atoms with Crippen molar-refractivity contribution in [3.63, 3.8) is 0 Å². The lowest BCUT2D eigenvalue weighted by Gasteiger charge is -2.35. The summed E-state index contributed by atoms with van der Waals surface area (Å²) in [6.07, 6.45) is 9.57. The first kappa shape index (κ1) is 23.5. The fraction of sp³-hybridized carbons (Fsp3) is 0.875. The van der Waals surface area contributed by atoms with Crippen LogP contribution in [0.15, 0.2) is 0 Å². The minimum absolute atomic E-state index is 0.131. The maximum Gasteiger partial charge on any atom is 0.312 e. The summed E-state index contributed by atoms with van der Waals surface area (Å²) in [4.78, 5) is 41.7. The molecule has 2 unspecified atom stereocenters. The molecule has 2 N–H and O–H groups in total. The number of ether oxygens (including phenoxy) is 2. The molecule has 2 bridgehead atoms. The number of rotatable bonds is 10. The highest BCUT2D eigenvalue weighted by Crippen LogP contribution is 2.58. The molecule has 3 saturated heterocycles. The average molecular weight is 451 g/mol. The van der Waals surface area contributed by atoms with Gasteiger partial charge >= 0.3 is 5.97 Å². The van der Waals surface area contributed by atoms with E-state index >= 15 is 0 Å². The molecule has 3 aliphatic heterocycles. The topological polar surface area (TPSA) is 105 Å². The van der Waals surface area contributed by atoms with Crippen LogP contribution in [0.25, 0.3) is 0 Å². The molecule has 0 aromatic rings. The molecule has 8 nitrogen and oxygen atoms in total. The van der Waals surface area contributed by atoms with E-state index in [-0.39, 0.29) is 43.1 Å². The van der Waals surface area contributed by atoms with Gasteiger partial charge in [-0.3, -0.25) is 14.4 Å². The zero-order chi connectivity index (χ0) is 22.7. The van der Waals surface area contributed by atoms with Crippen molar-refractivity contribution in [1.82, 2.24) is 10.2 Å². The molecule has 1 saturated carbocycles. The van der Waals surface area contributed by atoms with Crippen LogP contribution in [-0.4, -0.2) is 71.3 Å². The number of hydrogen-bond donors (Lipinski definition) is 2.